The van der Waals surface area contributed by atoms with Gasteiger partial charge in [0.15, 0.2) is 0 Å². The fourth-order valence-corrected chi connectivity index (χ4v) is 1.74. The van der Waals surface area contributed by atoms with Crippen LogP contribution in [0.5, 0.6) is 0 Å². The second-order valence-electron chi connectivity index (χ2n) is 3.82. The Morgan fingerprint density at radius 1 is 1.43 bits per heavy atom. The van der Waals surface area contributed by atoms with Crippen molar-refractivity contribution in [2.45, 2.75) is 19.4 Å². The average Bonchev–Trinajstić information content (AvgIpc) is 2.88. The Labute approximate surface area is 89.0 Å². The van der Waals surface area contributed by atoms with Gasteiger partial charge in [0, 0.05) is 10.9 Å². The van der Waals surface area contributed by atoms with Crippen LogP contribution in [0.4, 0.5) is 0 Å². The van der Waals surface area contributed by atoms with Gasteiger partial charge in [0.2, 0.25) is 0 Å². The van der Waals surface area contributed by atoms with E-state index in [4.69, 9.17) is 11.6 Å². The predicted octanol–water partition coefficient (Wildman–Crippen LogP) is 3.12. The molecule has 1 aliphatic carbocycles. The second kappa shape index (κ2) is 3.76. The molecule has 1 N–H and O–H groups in total. The zero-order valence-electron chi connectivity index (χ0n) is 8.07. The fourth-order valence-electron chi connectivity index (χ4n) is 1.61. The number of rotatable bonds is 2. The molecule has 0 bridgehead atoms. The molecule has 1 fully saturated rings. The number of halogens is 1. The SMILES string of the molecule is CC(O)C1C/C1=C\c1ccc(Cl)cc1. The topological polar surface area (TPSA) is 20.2 Å². The lowest BCUT2D eigenvalue weighted by molar-refractivity contribution is 0.176. The van der Waals surface area contributed by atoms with Crippen molar-refractivity contribution >= 4 is 17.7 Å². The van der Waals surface area contributed by atoms with Crippen LogP contribution in [0.3, 0.4) is 0 Å². The lowest BCUT2D eigenvalue weighted by Crippen LogP contribution is -2.00. The Morgan fingerprint density at radius 3 is 2.57 bits per heavy atom. The number of aliphatic hydroxyl groups excluding tert-OH is 1. The number of benzene rings is 1. The van der Waals surface area contributed by atoms with E-state index in [1.54, 1.807) is 0 Å². The van der Waals surface area contributed by atoms with E-state index in [9.17, 15) is 5.11 Å². The van der Waals surface area contributed by atoms with E-state index in [0.29, 0.717) is 5.92 Å². The molecule has 0 aliphatic heterocycles. The van der Waals surface area contributed by atoms with E-state index in [2.05, 4.69) is 6.08 Å². The molecule has 0 radical (unpaired) electrons. The van der Waals surface area contributed by atoms with E-state index in [0.717, 1.165) is 17.0 Å². The maximum Gasteiger partial charge on any atom is 0.0580 e. The zero-order valence-corrected chi connectivity index (χ0v) is 8.83. The summed E-state index contributed by atoms with van der Waals surface area (Å²) < 4.78 is 0. The molecule has 1 aromatic rings. The minimum Gasteiger partial charge on any atom is -0.393 e. The maximum atomic E-state index is 9.32. The molecule has 1 aliphatic rings. The summed E-state index contributed by atoms with van der Waals surface area (Å²) in [5.74, 6) is 0.380. The van der Waals surface area contributed by atoms with E-state index < -0.39 is 0 Å². The van der Waals surface area contributed by atoms with Crippen molar-refractivity contribution in [1.29, 1.82) is 0 Å². The predicted molar refractivity (Wildman–Crippen MR) is 59.2 cm³/mol. The van der Waals surface area contributed by atoms with Crippen molar-refractivity contribution in [2.75, 3.05) is 0 Å². The summed E-state index contributed by atoms with van der Waals surface area (Å²) in [6, 6.07) is 7.75. The van der Waals surface area contributed by atoms with E-state index in [-0.39, 0.29) is 6.10 Å². The van der Waals surface area contributed by atoms with E-state index in [1.165, 1.54) is 5.57 Å². The van der Waals surface area contributed by atoms with Gasteiger partial charge >= 0.3 is 0 Å². The molecule has 2 rings (SSSR count). The molecular formula is C12H13ClO. The van der Waals surface area contributed by atoms with Crippen LogP contribution in [0.25, 0.3) is 6.08 Å². The van der Waals surface area contributed by atoms with Crippen LogP contribution in [0, 0.1) is 5.92 Å². The van der Waals surface area contributed by atoms with Crippen LogP contribution in [0.2, 0.25) is 5.02 Å². The van der Waals surface area contributed by atoms with Crippen molar-refractivity contribution in [3.63, 3.8) is 0 Å². The molecule has 0 amide bonds. The third kappa shape index (κ3) is 2.17. The summed E-state index contributed by atoms with van der Waals surface area (Å²) in [4.78, 5) is 0. The first-order valence-corrected chi connectivity index (χ1v) is 5.19. The molecule has 0 saturated heterocycles. The standard InChI is InChI=1S/C12H13ClO/c1-8(14)12-7-10(12)6-9-2-4-11(13)5-3-9/h2-6,8,12,14H,7H2,1H3/b10-6+. The molecule has 0 heterocycles. The molecule has 2 unspecified atom stereocenters. The lowest BCUT2D eigenvalue weighted by Gasteiger charge is -1.97. The molecule has 2 atom stereocenters. The minimum atomic E-state index is -0.214. The Morgan fingerprint density at radius 2 is 2.07 bits per heavy atom. The molecule has 1 saturated carbocycles. The minimum absolute atomic E-state index is 0.214. The highest BCUT2D eigenvalue weighted by molar-refractivity contribution is 6.30. The quantitative estimate of drug-likeness (QED) is 0.792. The number of hydrogen-bond donors (Lipinski definition) is 1. The van der Waals surface area contributed by atoms with E-state index in [1.807, 2.05) is 31.2 Å². The van der Waals surface area contributed by atoms with Gasteiger partial charge in [-0.25, -0.2) is 0 Å². The molecule has 1 aromatic carbocycles. The highest BCUT2D eigenvalue weighted by Gasteiger charge is 2.33. The third-order valence-corrected chi connectivity index (χ3v) is 2.83. The number of hydrogen-bond acceptors (Lipinski definition) is 1. The van der Waals surface area contributed by atoms with Crippen molar-refractivity contribution in [3.05, 3.63) is 40.4 Å². The first-order valence-electron chi connectivity index (χ1n) is 4.81. The largest absolute Gasteiger partial charge is 0.393 e. The van der Waals surface area contributed by atoms with Gasteiger partial charge in [0.1, 0.15) is 0 Å². The van der Waals surface area contributed by atoms with Gasteiger partial charge in [-0.2, -0.15) is 0 Å². The molecule has 2 heteroatoms. The molecule has 74 valence electrons. The highest BCUT2D eigenvalue weighted by atomic mass is 35.5. The van der Waals surface area contributed by atoms with Crippen LogP contribution >= 0.6 is 11.6 Å². The van der Waals surface area contributed by atoms with Crippen molar-refractivity contribution < 1.29 is 5.11 Å². The van der Waals surface area contributed by atoms with Gasteiger partial charge in [-0.1, -0.05) is 35.4 Å². The van der Waals surface area contributed by atoms with Crippen molar-refractivity contribution in [3.8, 4) is 0 Å². The highest BCUT2D eigenvalue weighted by Crippen LogP contribution is 2.41. The maximum absolute atomic E-state index is 9.32. The molecule has 1 nitrogen and oxygen atoms in total. The van der Waals surface area contributed by atoms with Gasteiger partial charge in [-0.05, 0) is 31.0 Å². The van der Waals surface area contributed by atoms with Crippen LogP contribution in [-0.4, -0.2) is 11.2 Å². The monoisotopic (exact) mass is 208 g/mol. The van der Waals surface area contributed by atoms with Gasteiger partial charge in [-0.3, -0.25) is 0 Å². The Balaban J connectivity index is 2.09. The first-order chi connectivity index (χ1) is 6.66. The van der Waals surface area contributed by atoms with Crippen LogP contribution in [0.15, 0.2) is 29.8 Å². The summed E-state index contributed by atoms with van der Waals surface area (Å²) in [5, 5.41) is 10.1. The first kappa shape index (κ1) is 9.75. The summed E-state index contributed by atoms with van der Waals surface area (Å²) in [5.41, 5.74) is 2.50. The number of aliphatic hydroxyl groups is 1. The normalized spacial score (nSPS) is 25.1. The summed E-state index contributed by atoms with van der Waals surface area (Å²) in [6.45, 7) is 1.84. The third-order valence-electron chi connectivity index (χ3n) is 2.58. The van der Waals surface area contributed by atoms with Crippen molar-refractivity contribution in [1.82, 2.24) is 0 Å². The summed E-state index contributed by atoms with van der Waals surface area (Å²) in [6.07, 6.45) is 2.95. The molecule has 0 aromatic heterocycles. The summed E-state index contributed by atoms with van der Waals surface area (Å²) in [7, 11) is 0. The average molecular weight is 209 g/mol. The van der Waals surface area contributed by atoms with Gasteiger partial charge in [0.05, 0.1) is 6.10 Å². The van der Waals surface area contributed by atoms with Crippen molar-refractivity contribution in [2.24, 2.45) is 5.92 Å². The Hall–Kier alpha value is -0.790. The molecular weight excluding hydrogens is 196 g/mol. The van der Waals surface area contributed by atoms with Crippen LogP contribution in [-0.2, 0) is 0 Å². The Kier molecular flexibility index (Phi) is 2.62. The summed E-state index contributed by atoms with van der Waals surface area (Å²) >= 11 is 5.78. The van der Waals surface area contributed by atoms with Gasteiger partial charge in [0.25, 0.3) is 0 Å². The molecule has 0 spiro atoms. The van der Waals surface area contributed by atoms with Crippen LogP contribution in [0.1, 0.15) is 18.9 Å². The lowest BCUT2D eigenvalue weighted by atomic mass is 10.2. The van der Waals surface area contributed by atoms with Gasteiger partial charge in [-0.15, -0.1) is 0 Å². The smallest absolute Gasteiger partial charge is 0.0580 e. The second-order valence-corrected chi connectivity index (χ2v) is 4.26. The van der Waals surface area contributed by atoms with Gasteiger partial charge < -0.3 is 5.11 Å². The van der Waals surface area contributed by atoms with Crippen LogP contribution < -0.4 is 0 Å². The van der Waals surface area contributed by atoms with E-state index >= 15 is 0 Å². The Bertz CT molecular complexity index is 351. The zero-order chi connectivity index (χ0) is 10.1. The fraction of sp³-hybridized carbons (Fsp3) is 0.333. The molecule has 14 heavy (non-hydrogen) atoms.